The molecule has 3 aromatic heterocycles. The number of nitrogens with zero attached hydrogens (tertiary/aromatic N) is 4. The van der Waals surface area contributed by atoms with Gasteiger partial charge in [0.05, 0.1) is 5.02 Å². The molecule has 4 aromatic rings. The van der Waals surface area contributed by atoms with Gasteiger partial charge in [0, 0.05) is 17.5 Å². The van der Waals surface area contributed by atoms with E-state index in [0.29, 0.717) is 16.3 Å². The Hall–Kier alpha value is -2.97. The number of pyridine rings is 1. The second-order valence-corrected chi connectivity index (χ2v) is 7.75. The van der Waals surface area contributed by atoms with Crippen LogP contribution >= 0.6 is 23.4 Å². The minimum atomic E-state index is -0.605. The third-order valence-electron chi connectivity index (χ3n) is 4.38. The summed E-state index contributed by atoms with van der Waals surface area (Å²) in [5, 5.41) is 0.610. The van der Waals surface area contributed by atoms with Gasteiger partial charge in [0.15, 0.2) is 11.6 Å². The van der Waals surface area contributed by atoms with Crippen LogP contribution in [0.3, 0.4) is 0 Å². The molecule has 0 fully saturated rings. The molecule has 0 saturated carbocycles. The Morgan fingerprint density at radius 3 is 2.63 bits per heavy atom. The van der Waals surface area contributed by atoms with Crippen molar-refractivity contribution in [2.24, 2.45) is 0 Å². The van der Waals surface area contributed by atoms with E-state index in [2.05, 4.69) is 15.0 Å². The number of aryl methyl sites for hydroxylation is 2. The lowest BCUT2D eigenvalue weighted by atomic mass is 10.1. The summed E-state index contributed by atoms with van der Waals surface area (Å²) in [5.41, 5.74) is 1.95. The maximum absolute atomic E-state index is 14.1. The molecule has 0 unspecified atom stereocenters. The third kappa shape index (κ3) is 3.76. The minimum Gasteiger partial charge on any atom is -0.432 e. The first kappa shape index (κ1) is 20.3. The largest absolute Gasteiger partial charge is 0.432 e. The van der Waals surface area contributed by atoms with Gasteiger partial charge in [0.2, 0.25) is 5.89 Å². The molecular formula is C21H16ClFN4O2S. The van der Waals surface area contributed by atoms with Gasteiger partial charge in [-0.1, -0.05) is 17.7 Å². The number of halogens is 2. The Morgan fingerprint density at radius 2 is 1.93 bits per heavy atom. The van der Waals surface area contributed by atoms with E-state index in [1.54, 1.807) is 18.3 Å². The third-order valence-corrected chi connectivity index (χ3v) is 5.49. The topological polar surface area (TPSA) is 73.8 Å². The summed E-state index contributed by atoms with van der Waals surface area (Å²) >= 11 is 7.20. The van der Waals surface area contributed by atoms with E-state index in [1.165, 1.54) is 28.5 Å². The molecule has 1 aromatic carbocycles. The van der Waals surface area contributed by atoms with Crippen LogP contribution in [-0.4, -0.2) is 25.8 Å². The van der Waals surface area contributed by atoms with Crippen LogP contribution in [0, 0.1) is 19.7 Å². The summed E-state index contributed by atoms with van der Waals surface area (Å²) in [5.74, 6) is 0.0102. The van der Waals surface area contributed by atoms with Crippen LogP contribution in [0.2, 0.25) is 5.02 Å². The van der Waals surface area contributed by atoms with E-state index in [1.807, 2.05) is 32.2 Å². The molecule has 0 N–H and O–H groups in total. The number of benzene rings is 1. The van der Waals surface area contributed by atoms with Crippen molar-refractivity contribution in [3.8, 4) is 28.7 Å². The molecule has 0 amide bonds. The lowest BCUT2D eigenvalue weighted by Gasteiger charge is -2.07. The van der Waals surface area contributed by atoms with Crippen LogP contribution in [0.15, 0.2) is 56.8 Å². The highest BCUT2D eigenvalue weighted by atomic mass is 35.5. The number of aromatic nitrogens is 4. The number of hydrogen-bond acceptors (Lipinski definition) is 6. The van der Waals surface area contributed by atoms with E-state index in [-0.39, 0.29) is 22.5 Å². The van der Waals surface area contributed by atoms with Crippen LogP contribution in [0.4, 0.5) is 4.39 Å². The average molecular weight is 443 g/mol. The van der Waals surface area contributed by atoms with Gasteiger partial charge in [0.25, 0.3) is 0 Å². The zero-order valence-electron chi connectivity index (χ0n) is 16.3. The van der Waals surface area contributed by atoms with Crippen molar-refractivity contribution >= 4 is 23.4 Å². The zero-order valence-corrected chi connectivity index (χ0v) is 17.9. The molecule has 0 bridgehead atoms. The maximum atomic E-state index is 14.1. The molecular weight excluding hydrogens is 427 g/mol. The van der Waals surface area contributed by atoms with Crippen molar-refractivity contribution in [1.29, 1.82) is 0 Å². The summed E-state index contributed by atoms with van der Waals surface area (Å²) in [7, 11) is 0. The predicted octanol–water partition coefficient (Wildman–Crippen LogP) is 5.08. The fraction of sp³-hybridized carbons (Fsp3) is 0.143. The van der Waals surface area contributed by atoms with Crippen molar-refractivity contribution in [3.05, 3.63) is 75.2 Å². The minimum absolute atomic E-state index is 0.0145. The van der Waals surface area contributed by atoms with Crippen molar-refractivity contribution in [3.63, 3.8) is 0 Å². The first-order valence-corrected chi connectivity index (χ1v) is 10.5. The van der Waals surface area contributed by atoms with Gasteiger partial charge in [-0.25, -0.2) is 18.7 Å². The highest BCUT2D eigenvalue weighted by Crippen LogP contribution is 2.33. The predicted molar refractivity (Wildman–Crippen MR) is 115 cm³/mol. The van der Waals surface area contributed by atoms with Gasteiger partial charge in [0.1, 0.15) is 16.5 Å². The van der Waals surface area contributed by atoms with Crippen molar-refractivity contribution in [2.75, 3.05) is 6.26 Å². The quantitative estimate of drug-likeness (QED) is 0.324. The standard InChI is InChI=1S/C21H16ClFN4O2S/c1-11-10-27(21(28)26-20(11)30-3)18-17(13-7-8-14(22)15(23)9-13)29-19(25-18)16-6-4-5-12(2)24-16/h4-10H,1-3H3. The molecule has 0 radical (unpaired) electrons. The smallest absolute Gasteiger partial charge is 0.354 e. The molecule has 30 heavy (non-hydrogen) atoms. The lowest BCUT2D eigenvalue weighted by Crippen LogP contribution is -2.23. The molecule has 0 spiro atoms. The monoisotopic (exact) mass is 442 g/mol. The normalized spacial score (nSPS) is 11.1. The fourth-order valence-electron chi connectivity index (χ4n) is 2.96. The molecule has 0 aliphatic carbocycles. The van der Waals surface area contributed by atoms with Crippen LogP contribution in [0.1, 0.15) is 11.3 Å². The summed E-state index contributed by atoms with van der Waals surface area (Å²) in [6.45, 7) is 3.70. The molecule has 0 saturated heterocycles. The second kappa shape index (κ2) is 8.04. The van der Waals surface area contributed by atoms with Crippen LogP contribution in [0.5, 0.6) is 0 Å². The van der Waals surface area contributed by atoms with Crippen molar-refractivity contribution < 1.29 is 8.81 Å². The average Bonchev–Trinajstić information content (AvgIpc) is 3.16. The van der Waals surface area contributed by atoms with E-state index in [9.17, 15) is 9.18 Å². The van der Waals surface area contributed by atoms with Gasteiger partial charge in [-0.2, -0.15) is 9.97 Å². The van der Waals surface area contributed by atoms with Gasteiger partial charge >= 0.3 is 5.69 Å². The zero-order chi connectivity index (χ0) is 21.4. The van der Waals surface area contributed by atoms with Crippen molar-refractivity contribution in [2.45, 2.75) is 18.9 Å². The fourth-order valence-corrected chi connectivity index (χ4v) is 3.63. The molecule has 152 valence electrons. The van der Waals surface area contributed by atoms with Crippen LogP contribution < -0.4 is 5.69 Å². The van der Waals surface area contributed by atoms with Gasteiger partial charge < -0.3 is 4.42 Å². The Morgan fingerprint density at radius 1 is 1.13 bits per heavy atom. The summed E-state index contributed by atoms with van der Waals surface area (Å²) in [4.78, 5) is 25.7. The Bertz CT molecular complexity index is 1320. The van der Waals surface area contributed by atoms with Gasteiger partial charge in [-0.3, -0.25) is 0 Å². The summed E-state index contributed by atoms with van der Waals surface area (Å²) < 4.78 is 21.4. The molecule has 4 rings (SSSR count). The molecule has 9 heteroatoms. The first-order valence-electron chi connectivity index (χ1n) is 8.92. The van der Waals surface area contributed by atoms with Crippen molar-refractivity contribution in [1.82, 2.24) is 19.5 Å². The van der Waals surface area contributed by atoms with E-state index >= 15 is 0 Å². The van der Waals surface area contributed by atoms with Crippen LogP contribution in [-0.2, 0) is 0 Å². The number of hydrogen-bond donors (Lipinski definition) is 0. The highest BCUT2D eigenvalue weighted by Gasteiger charge is 2.21. The van der Waals surface area contributed by atoms with E-state index in [4.69, 9.17) is 16.0 Å². The van der Waals surface area contributed by atoms with E-state index in [0.717, 1.165) is 11.3 Å². The molecule has 3 heterocycles. The maximum Gasteiger partial charge on any atom is 0.354 e. The van der Waals surface area contributed by atoms with Crippen LogP contribution in [0.25, 0.3) is 28.7 Å². The molecule has 0 aliphatic rings. The molecule has 0 aliphatic heterocycles. The summed E-state index contributed by atoms with van der Waals surface area (Å²) in [6, 6.07) is 9.69. The highest BCUT2D eigenvalue weighted by molar-refractivity contribution is 7.98. The summed E-state index contributed by atoms with van der Waals surface area (Å²) in [6.07, 6.45) is 3.49. The van der Waals surface area contributed by atoms with Gasteiger partial charge in [-0.15, -0.1) is 11.8 Å². The SMILES string of the molecule is CSc1nc(=O)n(-c2nc(-c3cccc(C)n3)oc2-c2ccc(Cl)c(F)c2)cc1C. The lowest BCUT2D eigenvalue weighted by molar-refractivity contribution is 0.582. The Balaban J connectivity index is 1.98. The molecule has 6 nitrogen and oxygen atoms in total. The second-order valence-electron chi connectivity index (χ2n) is 6.55. The molecule has 0 atom stereocenters. The van der Waals surface area contributed by atoms with E-state index < -0.39 is 11.5 Å². The number of thioether (sulfide) groups is 1. The number of rotatable bonds is 4. The Labute approximate surface area is 180 Å². The first-order chi connectivity index (χ1) is 14.4. The number of oxazole rings is 1. The van der Waals surface area contributed by atoms with Gasteiger partial charge in [-0.05, 0) is 56.0 Å². The Kier molecular flexibility index (Phi) is 5.44.